The third-order valence-electron chi connectivity index (χ3n) is 14.2. The van der Waals surface area contributed by atoms with Gasteiger partial charge in [0.05, 0.1) is 25.4 Å². The van der Waals surface area contributed by atoms with Gasteiger partial charge in [0.1, 0.15) is 0 Å². The van der Waals surface area contributed by atoms with Crippen LogP contribution in [0.25, 0.3) is 0 Å². The number of aliphatic hydroxyl groups is 2. The summed E-state index contributed by atoms with van der Waals surface area (Å²) in [5.41, 5.74) is 0. The first-order chi connectivity index (χ1) is 34.0. The normalized spacial score (nSPS) is 12.8. The minimum absolute atomic E-state index is 0.00305. The molecular formula is C63H119NO5. The molecule has 2 unspecified atom stereocenters. The molecule has 0 aliphatic heterocycles. The summed E-state index contributed by atoms with van der Waals surface area (Å²) in [6.45, 7) is 4.93. The number of nitrogens with one attached hydrogen (secondary N) is 1. The molecule has 6 nitrogen and oxygen atoms in total. The van der Waals surface area contributed by atoms with Gasteiger partial charge in [0.25, 0.3) is 0 Å². The molecule has 0 bridgehead atoms. The monoisotopic (exact) mass is 970 g/mol. The molecule has 6 heteroatoms. The quantitative estimate of drug-likeness (QED) is 0.0321. The highest BCUT2D eigenvalue weighted by molar-refractivity contribution is 5.76. The van der Waals surface area contributed by atoms with E-state index in [1.165, 1.54) is 238 Å². The summed E-state index contributed by atoms with van der Waals surface area (Å²) in [4.78, 5) is 24.5. The van der Waals surface area contributed by atoms with Crippen molar-refractivity contribution in [2.24, 2.45) is 0 Å². The molecule has 0 saturated heterocycles. The Bertz CT molecular complexity index is 1120. The highest BCUT2D eigenvalue weighted by atomic mass is 16.5. The van der Waals surface area contributed by atoms with E-state index in [0.29, 0.717) is 25.9 Å². The Morgan fingerprint density at radius 2 is 0.725 bits per heavy atom. The van der Waals surface area contributed by atoms with Crippen molar-refractivity contribution in [2.45, 2.75) is 341 Å². The number of carbonyl (C=O) groups is 2. The number of esters is 1. The lowest BCUT2D eigenvalue weighted by atomic mass is 10.0. The van der Waals surface area contributed by atoms with Crippen molar-refractivity contribution in [3.05, 3.63) is 36.5 Å². The van der Waals surface area contributed by atoms with Crippen LogP contribution in [-0.4, -0.2) is 47.4 Å². The molecule has 0 aromatic heterocycles. The van der Waals surface area contributed by atoms with Crippen molar-refractivity contribution in [1.82, 2.24) is 5.32 Å². The van der Waals surface area contributed by atoms with E-state index < -0.39 is 12.1 Å². The second-order valence-electron chi connectivity index (χ2n) is 21.0. The highest BCUT2D eigenvalue weighted by Gasteiger charge is 2.20. The third-order valence-corrected chi connectivity index (χ3v) is 14.2. The van der Waals surface area contributed by atoms with Crippen molar-refractivity contribution < 1.29 is 24.5 Å². The van der Waals surface area contributed by atoms with Crippen molar-refractivity contribution in [2.75, 3.05) is 13.2 Å². The lowest BCUT2D eigenvalue weighted by Gasteiger charge is -2.22. The first-order valence-electron chi connectivity index (χ1n) is 30.7. The molecule has 406 valence electrons. The minimum Gasteiger partial charge on any atom is -0.466 e. The van der Waals surface area contributed by atoms with Gasteiger partial charge < -0.3 is 20.3 Å². The second kappa shape index (κ2) is 58.6. The van der Waals surface area contributed by atoms with E-state index in [1.54, 1.807) is 0 Å². The summed E-state index contributed by atoms with van der Waals surface area (Å²) in [5.74, 6) is -0.0467. The predicted octanol–water partition coefficient (Wildman–Crippen LogP) is 19.2. The van der Waals surface area contributed by atoms with E-state index in [9.17, 15) is 19.8 Å². The molecule has 0 heterocycles. The van der Waals surface area contributed by atoms with Crippen LogP contribution >= 0.6 is 0 Å². The summed E-state index contributed by atoms with van der Waals surface area (Å²) in [6.07, 6.45) is 72.9. The van der Waals surface area contributed by atoms with E-state index in [-0.39, 0.29) is 18.5 Å². The van der Waals surface area contributed by atoms with E-state index in [2.05, 4.69) is 55.6 Å². The number of carbonyl (C=O) groups excluding carboxylic acids is 2. The fourth-order valence-electron chi connectivity index (χ4n) is 9.43. The zero-order valence-corrected chi connectivity index (χ0v) is 46.3. The molecule has 0 aromatic carbocycles. The molecule has 0 spiro atoms. The average molecular weight is 971 g/mol. The molecular weight excluding hydrogens is 851 g/mol. The van der Waals surface area contributed by atoms with Gasteiger partial charge in [-0.15, -0.1) is 0 Å². The number of hydrogen-bond acceptors (Lipinski definition) is 5. The van der Waals surface area contributed by atoms with Gasteiger partial charge in [0, 0.05) is 12.8 Å². The largest absolute Gasteiger partial charge is 0.466 e. The maximum absolute atomic E-state index is 12.5. The Kier molecular flexibility index (Phi) is 57.0. The maximum Gasteiger partial charge on any atom is 0.305 e. The molecule has 0 rings (SSSR count). The van der Waals surface area contributed by atoms with Crippen LogP contribution in [0.3, 0.4) is 0 Å². The number of rotatable bonds is 57. The fourth-order valence-corrected chi connectivity index (χ4v) is 9.43. The van der Waals surface area contributed by atoms with Gasteiger partial charge in [-0.2, -0.15) is 0 Å². The summed E-state index contributed by atoms with van der Waals surface area (Å²) in [7, 11) is 0. The van der Waals surface area contributed by atoms with Crippen LogP contribution in [-0.2, 0) is 14.3 Å². The molecule has 0 radical (unpaired) electrons. The Morgan fingerprint density at radius 3 is 1.14 bits per heavy atom. The number of ether oxygens (including phenoxy) is 1. The Labute approximate surface area is 430 Å². The van der Waals surface area contributed by atoms with E-state index in [1.807, 2.05) is 0 Å². The molecule has 0 aliphatic carbocycles. The summed E-state index contributed by atoms with van der Waals surface area (Å²) in [5, 5.41) is 23.3. The third kappa shape index (κ3) is 55.2. The predicted molar refractivity (Wildman–Crippen MR) is 301 cm³/mol. The second-order valence-corrected chi connectivity index (χ2v) is 21.0. The Hall–Kier alpha value is -1.92. The zero-order chi connectivity index (χ0) is 50.0. The number of aliphatic hydroxyl groups excluding tert-OH is 2. The lowest BCUT2D eigenvalue weighted by Crippen LogP contribution is -2.45. The van der Waals surface area contributed by atoms with Crippen LogP contribution in [0.5, 0.6) is 0 Å². The number of unbranched alkanes of at least 4 members (excludes halogenated alkanes) is 40. The highest BCUT2D eigenvalue weighted by Crippen LogP contribution is 2.17. The van der Waals surface area contributed by atoms with Crippen molar-refractivity contribution in [1.29, 1.82) is 0 Å². The Morgan fingerprint density at radius 1 is 0.406 bits per heavy atom. The van der Waals surface area contributed by atoms with Crippen molar-refractivity contribution in [3.8, 4) is 0 Å². The molecule has 3 N–H and O–H groups in total. The van der Waals surface area contributed by atoms with E-state index >= 15 is 0 Å². The van der Waals surface area contributed by atoms with Gasteiger partial charge in [-0.05, 0) is 83.5 Å². The zero-order valence-electron chi connectivity index (χ0n) is 46.3. The van der Waals surface area contributed by atoms with Crippen molar-refractivity contribution in [3.63, 3.8) is 0 Å². The van der Waals surface area contributed by atoms with Crippen LogP contribution in [0, 0.1) is 0 Å². The van der Waals surface area contributed by atoms with Gasteiger partial charge in [0.15, 0.2) is 0 Å². The van der Waals surface area contributed by atoms with Gasteiger partial charge in [-0.25, -0.2) is 0 Å². The minimum atomic E-state index is -0.671. The van der Waals surface area contributed by atoms with E-state index in [4.69, 9.17) is 4.74 Å². The molecule has 69 heavy (non-hydrogen) atoms. The molecule has 2 atom stereocenters. The summed E-state index contributed by atoms with van der Waals surface area (Å²) >= 11 is 0. The van der Waals surface area contributed by atoms with Crippen molar-refractivity contribution >= 4 is 11.9 Å². The molecule has 0 aromatic rings. The average Bonchev–Trinajstić information content (AvgIpc) is 3.35. The topological polar surface area (TPSA) is 95.9 Å². The van der Waals surface area contributed by atoms with Gasteiger partial charge in [0.2, 0.25) is 5.91 Å². The molecule has 0 fully saturated rings. The van der Waals surface area contributed by atoms with Gasteiger partial charge >= 0.3 is 5.97 Å². The van der Waals surface area contributed by atoms with E-state index in [0.717, 1.165) is 57.8 Å². The first-order valence-corrected chi connectivity index (χ1v) is 30.7. The number of hydrogen-bond donors (Lipinski definition) is 3. The Balaban J connectivity index is 3.46. The number of allylic oxidation sites excluding steroid dienone is 6. The summed E-state index contributed by atoms with van der Waals surface area (Å²) in [6, 6.07) is -0.550. The smallest absolute Gasteiger partial charge is 0.305 e. The molecule has 1 amide bonds. The molecule has 0 aliphatic rings. The SMILES string of the molecule is CCCCC/C=C\CCCCCCCC(=O)OCCCCCCCCCCC/C=C\C/C=C\CCCCCCCCCC(=O)NC(CO)C(O)CCCCCCCCCCCCCCCCCCC. The maximum atomic E-state index is 12.5. The van der Waals surface area contributed by atoms with Crippen LogP contribution in [0.15, 0.2) is 36.5 Å². The van der Waals surface area contributed by atoms with Crippen LogP contribution < -0.4 is 5.32 Å². The van der Waals surface area contributed by atoms with Crippen LogP contribution in [0.1, 0.15) is 328 Å². The van der Waals surface area contributed by atoms with Gasteiger partial charge in [-0.1, -0.05) is 269 Å². The summed E-state index contributed by atoms with van der Waals surface area (Å²) < 4.78 is 5.46. The molecule has 0 saturated carbocycles. The first kappa shape index (κ1) is 67.1. The van der Waals surface area contributed by atoms with Crippen LogP contribution in [0.2, 0.25) is 0 Å². The fraction of sp³-hybridized carbons (Fsp3) is 0.873. The lowest BCUT2D eigenvalue weighted by molar-refractivity contribution is -0.143. The number of amides is 1. The standard InChI is InChI=1S/C63H119NO5/c1-3-5-7-9-11-13-15-17-18-26-29-32-35-39-43-47-51-55-61(66)60(59-65)64-62(67)56-52-48-44-40-36-33-30-27-24-22-20-19-21-23-25-28-31-34-38-42-46-50-54-58-69-63(68)57-53-49-45-41-37-16-14-12-10-8-6-4-2/h12,14,19,21-22,24,60-61,65-66H,3-11,13,15-18,20,23,25-59H2,1-2H3,(H,64,67)/b14-12-,21-19-,24-22-. The van der Waals surface area contributed by atoms with Crippen LogP contribution in [0.4, 0.5) is 0 Å². The van der Waals surface area contributed by atoms with Gasteiger partial charge in [-0.3, -0.25) is 9.59 Å².